The summed E-state index contributed by atoms with van der Waals surface area (Å²) >= 11 is 9.36. The Morgan fingerprint density at radius 1 is 1.50 bits per heavy atom. The molecule has 96 valence electrons. The van der Waals surface area contributed by atoms with Crippen molar-refractivity contribution in [1.29, 1.82) is 0 Å². The first-order valence-corrected chi connectivity index (χ1v) is 6.78. The monoisotopic (exact) mass is 332 g/mol. The topological polar surface area (TPSA) is 38.9 Å². The van der Waals surface area contributed by atoms with E-state index in [1.165, 1.54) is 6.07 Å². The van der Waals surface area contributed by atoms with Crippen molar-refractivity contribution in [3.63, 3.8) is 0 Å². The third-order valence-corrected chi connectivity index (χ3v) is 3.33. The maximum Gasteiger partial charge on any atom is 0.260 e. The highest BCUT2D eigenvalue weighted by Gasteiger charge is 2.18. The smallest absolute Gasteiger partial charge is 0.260 e. The van der Waals surface area contributed by atoms with E-state index in [9.17, 15) is 4.39 Å². The highest BCUT2D eigenvalue weighted by atomic mass is 79.9. The second kappa shape index (κ2) is 5.80. The van der Waals surface area contributed by atoms with E-state index in [2.05, 4.69) is 26.1 Å². The van der Waals surface area contributed by atoms with Crippen LogP contribution in [0.25, 0.3) is 11.5 Å². The molecule has 0 fully saturated rings. The van der Waals surface area contributed by atoms with E-state index in [0.717, 1.165) is 17.3 Å². The lowest BCUT2D eigenvalue weighted by Gasteiger charge is -2.00. The van der Waals surface area contributed by atoms with Gasteiger partial charge in [-0.05, 0) is 24.6 Å². The number of nitrogens with zero attached hydrogens (tertiary/aromatic N) is 2. The summed E-state index contributed by atoms with van der Waals surface area (Å²) in [5.41, 5.74) is 0.267. The summed E-state index contributed by atoms with van der Waals surface area (Å²) in [6.07, 6.45) is 1.67. The lowest BCUT2D eigenvalue weighted by molar-refractivity contribution is 0.418. The first-order valence-electron chi connectivity index (χ1n) is 5.55. The van der Waals surface area contributed by atoms with E-state index in [1.807, 2.05) is 6.92 Å². The van der Waals surface area contributed by atoms with Gasteiger partial charge in [0.2, 0.25) is 0 Å². The van der Waals surface area contributed by atoms with Crippen LogP contribution >= 0.6 is 27.5 Å². The van der Waals surface area contributed by atoms with Gasteiger partial charge in [-0.25, -0.2) is 4.39 Å². The molecule has 0 saturated heterocycles. The lowest BCUT2D eigenvalue weighted by Crippen LogP contribution is -1.92. The molecule has 0 aliphatic heterocycles. The van der Waals surface area contributed by atoms with Crippen molar-refractivity contribution in [3.8, 4) is 11.5 Å². The maximum atomic E-state index is 13.6. The predicted molar refractivity (Wildman–Crippen MR) is 70.9 cm³/mol. The summed E-state index contributed by atoms with van der Waals surface area (Å²) in [5.74, 6) is 0.133. The molecule has 3 nitrogen and oxygen atoms in total. The Hall–Kier alpha value is -0.940. The summed E-state index contributed by atoms with van der Waals surface area (Å²) in [6.45, 7) is 2.02. The largest absolute Gasteiger partial charge is 0.334 e. The van der Waals surface area contributed by atoms with Gasteiger partial charge < -0.3 is 4.52 Å². The van der Waals surface area contributed by atoms with Gasteiger partial charge in [-0.2, -0.15) is 4.98 Å². The molecule has 0 bridgehead atoms. The number of halogens is 3. The normalized spacial score (nSPS) is 12.7. The molecule has 0 spiro atoms. The second-order valence-corrected chi connectivity index (χ2v) is 5.28. The lowest BCUT2D eigenvalue weighted by atomic mass is 10.2. The van der Waals surface area contributed by atoms with E-state index >= 15 is 0 Å². The summed E-state index contributed by atoms with van der Waals surface area (Å²) in [4.78, 5) is 4.13. The third kappa shape index (κ3) is 2.90. The van der Waals surface area contributed by atoms with Crippen LogP contribution in [0.4, 0.5) is 4.39 Å². The van der Waals surface area contributed by atoms with Crippen molar-refractivity contribution in [2.75, 3.05) is 0 Å². The number of rotatable bonds is 4. The van der Waals surface area contributed by atoms with Gasteiger partial charge >= 0.3 is 0 Å². The molecule has 0 aliphatic carbocycles. The summed E-state index contributed by atoms with van der Waals surface area (Å²) in [7, 11) is 0. The molecule has 1 atom stereocenters. The van der Waals surface area contributed by atoms with Crippen molar-refractivity contribution in [2.24, 2.45) is 0 Å². The van der Waals surface area contributed by atoms with E-state index in [4.69, 9.17) is 16.1 Å². The van der Waals surface area contributed by atoms with Crippen LogP contribution in [0.1, 0.15) is 31.0 Å². The number of hydrogen-bond acceptors (Lipinski definition) is 3. The molecule has 0 N–H and O–H groups in total. The van der Waals surface area contributed by atoms with Gasteiger partial charge in [0.05, 0.1) is 10.9 Å². The summed E-state index contributed by atoms with van der Waals surface area (Å²) in [6, 6.07) is 4.54. The molecule has 18 heavy (non-hydrogen) atoms. The van der Waals surface area contributed by atoms with Crippen LogP contribution in [0, 0.1) is 5.82 Å². The average molecular weight is 334 g/mol. The zero-order valence-corrected chi connectivity index (χ0v) is 12.0. The SMILES string of the molecule is CCCC(Cl)c1noc(-c2cc(Br)ccc2F)n1. The van der Waals surface area contributed by atoms with Gasteiger partial charge in [0.15, 0.2) is 5.82 Å². The first kappa shape index (κ1) is 13.5. The number of benzene rings is 1. The molecule has 1 heterocycles. The molecule has 0 radical (unpaired) electrons. The van der Waals surface area contributed by atoms with Crippen molar-refractivity contribution < 1.29 is 8.91 Å². The Balaban J connectivity index is 2.32. The van der Waals surface area contributed by atoms with Crippen molar-refractivity contribution in [2.45, 2.75) is 25.1 Å². The zero-order chi connectivity index (χ0) is 13.1. The minimum Gasteiger partial charge on any atom is -0.334 e. The fourth-order valence-corrected chi connectivity index (χ4v) is 2.18. The minimum absolute atomic E-state index is 0.144. The van der Waals surface area contributed by atoms with E-state index in [-0.39, 0.29) is 16.8 Å². The zero-order valence-electron chi connectivity index (χ0n) is 9.66. The molecular formula is C12H11BrClFN2O. The van der Waals surface area contributed by atoms with Crippen molar-refractivity contribution >= 4 is 27.5 Å². The van der Waals surface area contributed by atoms with Crippen LogP contribution in [0.5, 0.6) is 0 Å². The molecule has 0 aliphatic rings. The minimum atomic E-state index is -0.407. The molecule has 2 rings (SSSR count). The fraction of sp³-hybridized carbons (Fsp3) is 0.333. The van der Waals surface area contributed by atoms with Crippen LogP contribution in [-0.2, 0) is 0 Å². The molecule has 0 amide bonds. The number of hydrogen-bond donors (Lipinski definition) is 0. The van der Waals surface area contributed by atoms with Gasteiger partial charge in [0.25, 0.3) is 5.89 Å². The molecule has 1 unspecified atom stereocenters. The van der Waals surface area contributed by atoms with Crippen LogP contribution in [0.2, 0.25) is 0 Å². The van der Waals surface area contributed by atoms with Gasteiger partial charge in [-0.15, -0.1) is 11.6 Å². The molecule has 2 aromatic rings. The molecular weight excluding hydrogens is 323 g/mol. The summed E-state index contributed by atoms with van der Waals surface area (Å²) < 4.78 is 19.4. The third-order valence-electron chi connectivity index (χ3n) is 2.42. The van der Waals surface area contributed by atoms with Crippen molar-refractivity contribution in [3.05, 3.63) is 34.3 Å². The van der Waals surface area contributed by atoms with Gasteiger partial charge in [0, 0.05) is 4.47 Å². The number of alkyl halides is 1. The molecule has 1 aromatic heterocycles. The van der Waals surface area contributed by atoms with E-state index in [0.29, 0.717) is 5.82 Å². The van der Waals surface area contributed by atoms with Crippen LogP contribution in [0.3, 0.4) is 0 Å². The maximum absolute atomic E-state index is 13.6. The van der Waals surface area contributed by atoms with Crippen molar-refractivity contribution in [1.82, 2.24) is 10.1 Å². The molecule has 1 aromatic carbocycles. The first-order chi connectivity index (χ1) is 8.61. The van der Waals surface area contributed by atoms with Gasteiger partial charge in [0.1, 0.15) is 5.82 Å². The Morgan fingerprint density at radius 3 is 3.00 bits per heavy atom. The van der Waals surface area contributed by atoms with Gasteiger partial charge in [-0.3, -0.25) is 0 Å². The highest BCUT2D eigenvalue weighted by Crippen LogP contribution is 2.28. The standard InChI is InChI=1S/C12H11BrClFN2O/c1-2-3-9(14)11-16-12(18-17-11)8-6-7(13)4-5-10(8)15/h4-6,9H,2-3H2,1H3. The van der Waals surface area contributed by atoms with Crippen LogP contribution in [-0.4, -0.2) is 10.1 Å². The Labute approximate surface area is 117 Å². The van der Waals surface area contributed by atoms with Crippen LogP contribution in [0.15, 0.2) is 27.2 Å². The second-order valence-electron chi connectivity index (χ2n) is 3.84. The van der Waals surface area contributed by atoms with Crippen LogP contribution < -0.4 is 0 Å². The quantitative estimate of drug-likeness (QED) is 0.760. The fourth-order valence-electron chi connectivity index (χ4n) is 1.52. The Bertz CT molecular complexity index is 547. The Morgan fingerprint density at radius 2 is 2.28 bits per heavy atom. The Kier molecular flexibility index (Phi) is 4.35. The van der Waals surface area contributed by atoms with E-state index < -0.39 is 5.82 Å². The highest BCUT2D eigenvalue weighted by molar-refractivity contribution is 9.10. The number of aromatic nitrogens is 2. The summed E-state index contributed by atoms with van der Waals surface area (Å²) in [5, 5.41) is 3.48. The van der Waals surface area contributed by atoms with Gasteiger partial charge in [-0.1, -0.05) is 34.4 Å². The average Bonchev–Trinajstić information content (AvgIpc) is 2.82. The van der Waals surface area contributed by atoms with E-state index in [1.54, 1.807) is 12.1 Å². The molecule has 0 saturated carbocycles. The predicted octanol–water partition coefficient (Wildman–Crippen LogP) is 4.72. The molecule has 6 heteroatoms.